The molecule has 0 aromatic heterocycles. The molecule has 7 heteroatoms. The molecule has 0 saturated carbocycles. The van der Waals surface area contributed by atoms with Crippen LogP contribution in [0, 0.1) is 0 Å². The van der Waals surface area contributed by atoms with Crippen LogP contribution in [-0.2, 0) is 17.5 Å². The molecule has 0 bridgehead atoms. The van der Waals surface area contributed by atoms with Gasteiger partial charge >= 0.3 is 12.1 Å². The molecule has 1 unspecified atom stereocenters. The summed E-state index contributed by atoms with van der Waals surface area (Å²) in [6.45, 7) is 1.45. The van der Waals surface area contributed by atoms with Crippen LogP contribution >= 0.6 is 0 Å². The lowest BCUT2D eigenvalue weighted by atomic mass is 10.1. The fourth-order valence-electron chi connectivity index (χ4n) is 1.46. The van der Waals surface area contributed by atoms with E-state index in [1.807, 2.05) is 0 Å². The Labute approximate surface area is 108 Å². The first-order chi connectivity index (χ1) is 8.75. The summed E-state index contributed by atoms with van der Waals surface area (Å²) in [4.78, 5) is 10.6. The highest BCUT2D eigenvalue weighted by Gasteiger charge is 2.35. The third-order valence-electron chi connectivity index (χ3n) is 2.38. The molecular weight excluding hydrogens is 263 g/mol. The van der Waals surface area contributed by atoms with Crippen molar-refractivity contribution in [3.05, 3.63) is 29.3 Å². The zero-order valence-electron chi connectivity index (χ0n) is 10.4. The summed E-state index contributed by atoms with van der Waals surface area (Å²) in [7, 11) is 1.62. The Kier molecular flexibility index (Phi) is 4.77. The van der Waals surface area contributed by atoms with Crippen molar-refractivity contribution in [3.8, 4) is 5.75 Å². The summed E-state index contributed by atoms with van der Waals surface area (Å²) >= 11 is 0. The van der Waals surface area contributed by atoms with Gasteiger partial charge < -0.3 is 15.2 Å². The van der Waals surface area contributed by atoms with Crippen molar-refractivity contribution in [3.63, 3.8) is 0 Å². The summed E-state index contributed by atoms with van der Waals surface area (Å²) < 4.78 is 43.4. The van der Waals surface area contributed by atoms with Gasteiger partial charge in [-0.2, -0.15) is 13.2 Å². The second kappa shape index (κ2) is 5.92. The highest BCUT2D eigenvalue weighted by atomic mass is 19.4. The molecule has 1 aromatic carbocycles. The molecule has 0 amide bonds. The van der Waals surface area contributed by atoms with Gasteiger partial charge in [-0.1, -0.05) is 6.07 Å². The van der Waals surface area contributed by atoms with Crippen LogP contribution in [0.5, 0.6) is 5.75 Å². The molecule has 4 nitrogen and oxygen atoms in total. The molecule has 0 aliphatic carbocycles. The highest BCUT2D eigenvalue weighted by molar-refractivity contribution is 5.72. The molecule has 0 aliphatic rings. The number of carbonyl (C=O) groups is 1. The molecule has 1 atom stereocenters. The lowest BCUT2D eigenvalue weighted by molar-refractivity contribution is -0.147. The van der Waals surface area contributed by atoms with Crippen molar-refractivity contribution in [2.45, 2.75) is 25.7 Å². The lowest BCUT2D eigenvalue weighted by Gasteiger charge is -2.17. The van der Waals surface area contributed by atoms with E-state index >= 15 is 0 Å². The first kappa shape index (κ1) is 15.3. The standard InChI is InChI=1S/C12H14F3NO3/c1-7(11(17)18)19-10-4-3-8(6-16-2)5-9(10)12(13,14)15/h3-5,7,16H,6H2,1-2H3,(H,17,18). The Bertz CT molecular complexity index is 460. The van der Waals surface area contributed by atoms with Crippen LogP contribution in [0.2, 0.25) is 0 Å². The van der Waals surface area contributed by atoms with Crippen LogP contribution in [-0.4, -0.2) is 24.2 Å². The van der Waals surface area contributed by atoms with E-state index in [1.165, 1.54) is 13.0 Å². The first-order valence-corrected chi connectivity index (χ1v) is 5.50. The summed E-state index contributed by atoms with van der Waals surface area (Å²) in [5, 5.41) is 11.4. The number of rotatable bonds is 5. The molecule has 0 heterocycles. The van der Waals surface area contributed by atoms with Crippen LogP contribution in [0.15, 0.2) is 18.2 Å². The number of ether oxygens (including phenoxy) is 1. The fraction of sp³-hybridized carbons (Fsp3) is 0.417. The maximum Gasteiger partial charge on any atom is 0.419 e. The predicted molar refractivity (Wildman–Crippen MR) is 61.9 cm³/mol. The molecule has 0 aliphatic heterocycles. The molecule has 0 spiro atoms. The van der Waals surface area contributed by atoms with Gasteiger partial charge in [0.2, 0.25) is 0 Å². The number of hydrogen-bond acceptors (Lipinski definition) is 3. The van der Waals surface area contributed by atoms with Gasteiger partial charge in [-0.05, 0) is 31.7 Å². The normalized spacial score (nSPS) is 13.1. The molecule has 0 saturated heterocycles. The molecule has 106 valence electrons. The molecule has 19 heavy (non-hydrogen) atoms. The summed E-state index contributed by atoms with van der Waals surface area (Å²) in [6.07, 6.45) is -5.95. The minimum Gasteiger partial charge on any atom is -0.479 e. The van der Waals surface area contributed by atoms with E-state index in [1.54, 1.807) is 7.05 Å². The number of alkyl halides is 3. The van der Waals surface area contributed by atoms with Crippen molar-refractivity contribution in [1.29, 1.82) is 0 Å². The topological polar surface area (TPSA) is 58.6 Å². The summed E-state index contributed by atoms with van der Waals surface area (Å²) in [5.41, 5.74) is -0.543. The van der Waals surface area contributed by atoms with Crippen LogP contribution in [0.25, 0.3) is 0 Å². The fourth-order valence-corrected chi connectivity index (χ4v) is 1.46. The number of halogens is 3. The van der Waals surface area contributed by atoms with E-state index < -0.39 is 29.6 Å². The third-order valence-corrected chi connectivity index (χ3v) is 2.38. The highest BCUT2D eigenvalue weighted by Crippen LogP contribution is 2.37. The molecule has 1 aromatic rings. The molecule has 1 rings (SSSR count). The maximum absolute atomic E-state index is 12.9. The smallest absolute Gasteiger partial charge is 0.419 e. The summed E-state index contributed by atoms with van der Waals surface area (Å²) in [5.74, 6) is -1.81. The average Bonchev–Trinajstić information content (AvgIpc) is 2.29. The largest absolute Gasteiger partial charge is 0.479 e. The van der Waals surface area contributed by atoms with Crippen molar-refractivity contribution in [2.24, 2.45) is 0 Å². The number of hydrogen-bond donors (Lipinski definition) is 2. The van der Waals surface area contributed by atoms with Gasteiger partial charge in [-0.25, -0.2) is 4.79 Å². The molecular formula is C12H14F3NO3. The van der Waals surface area contributed by atoms with Gasteiger partial charge in [0.25, 0.3) is 0 Å². The molecule has 0 radical (unpaired) electrons. The van der Waals surface area contributed by atoms with E-state index in [2.05, 4.69) is 5.32 Å². The van der Waals surface area contributed by atoms with E-state index in [4.69, 9.17) is 9.84 Å². The van der Waals surface area contributed by atoms with Gasteiger partial charge in [-0.15, -0.1) is 0 Å². The van der Waals surface area contributed by atoms with Gasteiger partial charge in [0, 0.05) is 6.54 Å². The minimum atomic E-state index is -4.60. The van der Waals surface area contributed by atoms with Crippen LogP contribution in [0.3, 0.4) is 0 Å². The Morgan fingerprint density at radius 2 is 2.11 bits per heavy atom. The van der Waals surface area contributed by atoms with E-state index in [0.717, 1.165) is 12.1 Å². The quantitative estimate of drug-likeness (QED) is 0.867. The Morgan fingerprint density at radius 1 is 1.47 bits per heavy atom. The Hall–Kier alpha value is -1.76. The first-order valence-electron chi connectivity index (χ1n) is 5.50. The number of aliphatic carboxylic acids is 1. The number of benzene rings is 1. The molecule has 0 fully saturated rings. The van der Waals surface area contributed by atoms with Gasteiger partial charge in [-0.3, -0.25) is 0 Å². The average molecular weight is 277 g/mol. The number of carboxylic acid groups (broad SMARTS) is 1. The third kappa shape index (κ3) is 4.13. The lowest BCUT2D eigenvalue weighted by Crippen LogP contribution is -2.24. The maximum atomic E-state index is 12.9. The van der Waals surface area contributed by atoms with Crippen molar-refractivity contribution in [2.75, 3.05) is 7.05 Å². The zero-order valence-corrected chi connectivity index (χ0v) is 10.4. The zero-order chi connectivity index (χ0) is 14.6. The second-order valence-corrected chi connectivity index (χ2v) is 3.96. The van der Waals surface area contributed by atoms with Gasteiger partial charge in [0.15, 0.2) is 6.10 Å². The van der Waals surface area contributed by atoms with Crippen LogP contribution < -0.4 is 10.1 Å². The molecule has 2 N–H and O–H groups in total. The van der Waals surface area contributed by atoms with Crippen LogP contribution in [0.1, 0.15) is 18.1 Å². The monoisotopic (exact) mass is 277 g/mol. The van der Waals surface area contributed by atoms with Crippen molar-refractivity contribution >= 4 is 5.97 Å². The Balaban J connectivity index is 3.13. The van der Waals surface area contributed by atoms with E-state index in [-0.39, 0.29) is 6.54 Å². The van der Waals surface area contributed by atoms with Gasteiger partial charge in [0.1, 0.15) is 5.75 Å². The SMILES string of the molecule is CNCc1ccc(OC(C)C(=O)O)c(C(F)(F)F)c1. The summed E-state index contributed by atoms with van der Waals surface area (Å²) in [6, 6.07) is 3.53. The second-order valence-electron chi connectivity index (χ2n) is 3.96. The minimum absolute atomic E-state index is 0.276. The van der Waals surface area contributed by atoms with Crippen LogP contribution in [0.4, 0.5) is 13.2 Å². The van der Waals surface area contributed by atoms with Gasteiger partial charge in [0.05, 0.1) is 5.56 Å². The number of carboxylic acids is 1. The van der Waals surface area contributed by atoms with Crippen molar-refractivity contribution < 1.29 is 27.8 Å². The Morgan fingerprint density at radius 3 is 2.58 bits per heavy atom. The van der Waals surface area contributed by atoms with E-state index in [9.17, 15) is 18.0 Å². The predicted octanol–water partition coefficient (Wildman–Crippen LogP) is 2.28. The van der Waals surface area contributed by atoms with Crippen molar-refractivity contribution in [1.82, 2.24) is 5.32 Å². The van der Waals surface area contributed by atoms with E-state index in [0.29, 0.717) is 5.56 Å². The number of nitrogens with one attached hydrogen (secondary N) is 1.